The predicted molar refractivity (Wildman–Crippen MR) is 82.8 cm³/mol. The second-order valence-electron chi connectivity index (χ2n) is 6.22. The average Bonchev–Trinajstić information content (AvgIpc) is 2.33. The summed E-state index contributed by atoms with van der Waals surface area (Å²) in [6.45, 7) is 12.6. The van der Waals surface area contributed by atoms with Crippen LogP contribution in [0.25, 0.3) is 0 Å². The molecule has 0 saturated heterocycles. The first-order valence-corrected chi connectivity index (χ1v) is 7.40. The van der Waals surface area contributed by atoms with E-state index in [1.165, 1.54) is 24.0 Å². The molecule has 0 unspecified atom stereocenters. The molecule has 0 amide bonds. The van der Waals surface area contributed by atoms with Crippen LogP contribution in [0.5, 0.6) is 5.75 Å². The zero-order chi connectivity index (χ0) is 14.3. The largest absolute Gasteiger partial charge is 0.493 e. The van der Waals surface area contributed by atoms with Crippen molar-refractivity contribution in [2.75, 3.05) is 6.61 Å². The third kappa shape index (κ3) is 6.11. The SMILES string of the molecule is CCCCCOc1c(C)cccc1CNC(C)(C)C. The molecule has 0 heterocycles. The first kappa shape index (κ1) is 16.0. The van der Waals surface area contributed by atoms with Crippen LogP contribution >= 0.6 is 0 Å². The minimum atomic E-state index is 0.128. The number of hydrogen-bond donors (Lipinski definition) is 1. The Bertz CT molecular complexity index is 379. The molecule has 0 fully saturated rings. The van der Waals surface area contributed by atoms with Crippen molar-refractivity contribution >= 4 is 0 Å². The quantitative estimate of drug-likeness (QED) is 0.734. The van der Waals surface area contributed by atoms with Crippen LogP contribution in [0.2, 0.25) is 0 Å². The minimum absolute atomic E-state index is 0.128. The van der Waals surface area contributed by atoms with Gasteiger partial charge in [-0.25, -0.2) is 0 Å². The van der Waals surface area contributed by atoms with Crippen molar-refractivity contribution in [1.29, 1.82) is 0 Å². The van der Waals surface area contributed by atoms with Crippen molar-refractivity contribution in [3.63, 3.8) is 0 Å². The summed E-state index contributed by atoms with van der Waals surface area (Å²) < 4.78 is 6.00. The van der Waals surface area contributed by atoms with Crippen molar-refractivity contribution in [3.8, 4) is 5.75 Å². The Morgan fingerprint density at radius 3 is 2.53 bits per heavy atom. The Labute approximate surface area is 118 Å². The molecule has 0 radical (unpaired) electrons. The van der Waals surface area contributed by atoms with Gasteiger partial charge in [-0.1, -0.05) is 38.0 Å². The number of unbranched alkanes of at least 4 members (excludes halogenated alkanes) is 2. The van der Waals surface area contributed by atoms with Crippen LogP contribution in [0, 0.1) is 6.92 Å². The number of aryl methyl sites for hydroxylation is 1. The van der Waals surface area contributed by atoms with E-state index < -0.39 is 0 Å². The maximum atomic E-state index is 6.00. The topological polar surface area (TPSA) is 21.3 Å². The van der Waals surface area contributed by atoms with Crippen LogP contribution in [0.3, 0.4) is 0 Å². The third-order valence-electron chi connectivity index (χ3n) is 3.10. The highest BCUT2D eigenvalue weighted by Crippen LogP contribution is 2.24. The lowest BCUT2D eigenvalue weighted by molar-refractivity contribution is 0.298. The molecule has 2 heteroatoms. The van der Waals surface area contributed by atoms with Crippen LogP contribution < -0.4 is 10.1 Å². The van der Waals surface area contributed by atoms with Crippen molar-refractivity contribution in [2.24, 2.45) is 0 Å². The van der Waals surface area contributed by atoms with Gasteiger partial charge in [0.05, 0.1) is 6.61 Å². The highest BCUT2D eigenvalue weighted by atomic mass is 16.5. The van der Waals surface area contributed by atoms with Gasteiger partial charge in [-0.3, -0.25) is 0 Å². The van der Waals surface area contributed by atoms with E-state index in [4.69, 9.17) is 4.74 Å². The summed E-state index contributed by atoms with van der Waals surface area (Å²) in [5, 5.41) is 3.53. The van der Waals surface area contributed by atoms with Gasteiger partial charge in [0, 0.05) is 17.6 Å². The molecule has 19 heavy (non-hydrogen) atoms. The molecule has 0 aliphatic carbocycles. The summed E-state index contributed by atoms with van der Waals surface area (Å²) in [5.74, 6) is 1.07. The molecule has 0 atom stereocenters. The Morgan fingerprint density at radius 1 is 1.16 bits per heavy atom. The van der Waals surface area contributed by atoms with Crippen molar-refractivity contribution in [1.82, 2.24) is 5.32 Å². The van der Waals surface area contributed by atoms with Crippen LogP contribution in [-0.2, 0) is 6.54 Å². The van der Waals surface area contributed by atoms with E-state index in [1.54, 1.807) is 0 Å². The molecule has 1 aromatic carbocycles. The zero-order valence-electron chi connectivity index (χ0n) is 13.2. The van der Waals surface area contributed by atoms with E-state index in [9.17, 15) is 0 Å². The van der Waals surface area contributed by atoms with E-state index in [0.717, 1.165) is 25.3 Å². The van der Waals surface area contributed by atoms with Crippen LogP contribution in [0.15, 0.2) is 18.2 Å². The van der Waals surface area contributed by atoms with Gasteiger partial charge in [-0.05, 0) is 39.7 Å². The number of para-hydroxylation sites is 1. The zero-order valence-corrected chi connectivity index (χ0v) is 13.2. The van der Waals surface area contributed by atoms with Gasteiger partial charge in [-0.15, -0.1) is 0 Å². The smallest absolute Gasteiger partial charge is 0.126 e. The number of nitrogens with one attached hydrogen (secondary N) is 1. The molecule has 0 aliphatic rings. The van der Waals surface area contributed by atoms with Gasteiger partial charge < -0.3 is 10.1 Å². The fraction of sp³-hybridized carbons (Fsp3) is 0.647. The van der Waals surface area contributed by atoms with Crippen molar-refractivity contribution < 1.29 is 4.74 Å². The highest BCUT2D eigenvalue weighted by Gasteiger charge is 2.12. The van der Waals surface area contributed by atoms with Crippen LogP contribution in [-0.4, -0.2) is 12.1 Å². The number of rotatable bonds is 7. The molecule has 0 saturated carbocycles. The molecular formula is C17H29NO. The summed E-state index contributed by atoms with van der Waals surface area (Å²) in [7, 11) is 0. The van der Waals surface area contributed by atoms with Crippen LogP contribution in [0.1, 0.15) is 58.1 Å². The fourth-order valence-corrected chi connectivity index (χ4v) is 1.95. The van der Waals surface area contributed by atoms with Gasteiger partial charge in [0.1, 0.15) is 5.75 Å². The standard InChI is InChI=1S/C17H29NO/c1-6-7-8-12-19-16-14(2)10-9-11-15(16)13-18-17(3,4)5/h9-11,18H,6-8,12-13H2,1-5H3. The van der Waals surface area contributed by atoms with Gasteiger partial charge in [0.15, 0.2) is 0 Å². The molecule has 0 aromatic heterocycles. The Morgan fingerprint density at radius 2 is 1.89 bits per heavy atom. The van der Waals surface area contributed by atoms with E-state index in [-0.39, 0.29) is 5.54 Å². The molecular weight excluding hydrogens is 234 g/mol. The molecule has 1 N–H and O–H groups in total. The van der Waals surface area contributed by atoms with Crippen LogP contribution in [0.4, 0.5) is 0 Å². The minimum Gasteiger partial charge on any atom is -0.493 e. The van der Waals surface area contributed by atoms with Gasteiger partial charge in [0.25, 0.3) is 0 Å². The number of benzene rings is 1. The maximum absolute atomic E-state index is 6.00. The average molecular weight is 263 g/mol. The summed E-state index contributed by atoms with van der Waals surface area (Å²) in [5.41, 5.74) is 2.61. The molecule has 0 spiro atoms. The Balaban J connectivity index is 2.66. The summed E-state index contributed by atoms with van der Waals surface area (Å²) in [4.78, 5) is 0. The molecule has 1 aromatic rings. The molecule has 2 nitrogen and oxygen atoms in total. The lowest BCUT2D eigenvalue weighted by atomic mass is 10.1. The monoisotopic (exact) mass is 263 g/mol. The van der Waals surface area contributed by atoms with Gasteiger partial charge in [0.2, 0.25) is 0 Å². The van der Waals surface area contributed by atoms with E-state index in [2.05, 4.69) is 58.1 Å². The summed E-state index contributed by atoms with van der Waals surface area (Å²) >= 11 is 0. The first-order chi connectivity index (χ1) is 8.94. The van der Waals surface area contributed by atoms with Gasteiger partial charge in [-0.2, -0.15) is 0 Å². The summed E-state index contributed by atoms with van der Waals surface area (Å²) in [6.07, 6.45) is 3.61. The highest BCUT2D eigenvalue weighted by molar-refractivity contribution is 5.40. The lowest BCUT2D eigenvalue weighted by Crippen LogP contribution is -2.35. The molecule has 0 aliphatic heterocycles. The van der Waals surface area contributed by atoms with Crippen molar-refractivity contribution in [3.05, 3.63) is 29.3 Å². The normalized spacial score (nSPS) is 11.6. The van der Waals surface area contributed by atoms with E-state index in [0.29, 0.717) is 0 Å². The molecule has 1 rings (SSSR count). The van der Waals surface area contributed by atoms with E-state index in [1.807, 2.05) is 0 Å². The fourth-order valence-electron chi connectivity index (χ4n) is 1.95. The lowest BCUT2D eigenvalue weighted by Gasteiger charge is -2.22. The predicted octanol–water partition coefficient (Wildman–Crippen LogP) is 4.45. The Hall–Kier alpha value is -1.02. The van der Waals surface area contributed by atoms with Gasteiger partial charge >= 0.3 is 0 Å². The van der Waals surface area contributed by atoms with Crippen molar-refractivity contribution in [2.45, 2.75) is 66.0 Å². The molecule has 0 bridgehead atoms. The Kier molecular flexibility index (Phi) is 6.36. The number of hydrogen-bond acceptors (Lipinski definition) is 2. The second kappa shape index (κ2) is 7.54. The third-order valence-corrected chi connectivity index (χ3v) is 3.10. The van der Waals surface area contributed by atoms with E-state index >= 15 is 0 Å². The number of ether oxygens (including phenoxy) is 1. The molecule has 108 valence electrons. The summed E-state index contributed by atoms with van der Waals surface area (Å²) in [6, 6.07) is 6.38. The first-order valence-electron chi connectivity index (χ1n) is 7.40. The second-order valence-corrected chi connectivity index (χ2v) is 6.22. The maximum Gasteiger partial charge on any atom is 0.126 e.